The number of halogens is 14. The maximum atomic E-state index is 15.6. The van der Waals surface area contributed by atoms with Crippen molar-refractivity contribution < 1.29 is 61.5 Å². The van der Waals surface area contributed by atoms with E-state index in [1.165, 1.54) is 12.1 Å². The molecule has 0 spiro atoms. The number of hydrogen-bond acceptors (Lipinski definition) is 2. The lowest BCUT2D eigenvalue weighted by Crippen LogP contribution is -2.72. The molecule has 0 N–H and O–H groups in total. The Kier molecular flexibility index (Phi) is 11.2. The van der Waals surface area contributed by atoms with Gasteiger partial charge in [-0.3, -0.25) is 0 Å². The minimum Gasteiger partial charge on any atom is -0.203 e. The summed E-state index contributed by atoms with van der Waals surface area (Å²) in [5, 5.41) is 1.70. The van der Waals surface area contributed by atoms with Crippen LogP contribution in [0.25, 0.3) is 30.6 Å². The molecule has 1 aliphatic heterocycles. The topological polar surface area (TPSA) is 0 Å². The highest BCUT2D eigenvalue weighted by atomic mass is 32.1. The molecule has 310 valence electrons. The van der Waals surface area contributed by atoms with Crippen LogP contribution >= 0.6 is 22.7 Å². The first-order valence-electron chi connectivity index (χ1n) is 18.1. The van der Waals surface area contributed by atoms with Gasteiger partial charge >= 0.3 is 12.4 Å². The second kappa shape index (κ2) is 15.5. The van der Waals surface area contributed by atoms with Gasteiger partial charge in [-0.15, -0.1) is 22.7 Å². The van der Waals surface area contributed by atoms with Crippen molar-refractivity contribution in [1.82, 2.24) is 0 Å². The summed E-state index contributed by atoms with van der Waals surface area (Å²) in [6, 6.07) is 16.7. The highest BCUT2D eigenvalue weighted by molar-refractivity contribution is 7.35. The van der Waals surface area contributed by atoms with E-state index in [0.717, 1.165) is 36.8 Å². The Bertz CT molecular complexity index is 2350. The summed E-state index contributed by atoms with van der Waals surface area (Å²) >= 11 is 0.984. The molecule has 0 saturated carbocycles. The molecule has 3 heterocycles. The fourth-order valence-electron chi connectivity index (χ4n) is 7.66. The second-order valence-electron chi connectivity index (χ2n) is 14.1. The summed E-state index contributed by atoms with van der Waals surface area (Å²) in [4.78, 5) is -0.929. The lowest BCUT2D eigenvalue weighted by molar-refractivity contribution is -0.144. The van der Waals surface area contributed by atoms with Gasteiger partial charge in [0.25, 0.3) is 0 Å². The Morgan fingerprint density at radius 2 is 0.763 bits per heavy atom. The standard InChI is InChI=1S/C42H28F14S2Si/c1-3-5-7-19-9-13-21(14-10-19)59(22-15-11-20(12-16-22)8-6-4-2)25-17-23(27-31(43)35(47)29(41(51,52)53)36(48)32(27)44)57-39(25)40-26(59)18-24(58-40)28-33(45)37(49)30(42(54,55)56)38(50)34(28)46/h9-18H,3-8H2,1-2H3. The Balaban J connectivity index is 1.57. The lowest BCUT2D eigenvalue weighted by Gasteiger charge is -2.30. The van der Waals surface area contributed by atoms with Crippen LogP contribution in [0.3, 0.4) is 0 Å². The molecular weight excluding hydrogens is 863 g/mol. The van der Waals surface area contributed by atoms with Crippen LogP contribution in [0.1, 0.15) is 61.8 Å². The molecule has 0 bridgehead atoms. The first kappa shape index (κ1) is 42.6. The first-order chi connectivity index (χ1) is 27.8. The second-order valence-corrected chi connectivity index (χ2v) is 19.9. The summed E-state index contributed by atoms with van der Waals surface area (Å²) in [5.41, 5.74) is -6.65. The number of aryl methyl sites for hydroxylation is 2. The molecule has 0 unspecified atom stereocenters. The third-order valence-electron chi connectivity index (χ3n) is 10.5. The van der Waals surface area contributed by atoms with E-state index in [-0.39, 0.29) is 9.75 Å². The van der Waals surface area contributed by atoms with E-state index in [0.29, 0.717) is 56.3 Å². The van der Waals surface area contributed by atoms with Gasteiger partial charge in [0.15, 0.2) is 54.6 Å². The van der Waals surface area contributed by atoms with Crippen LogP contribution in [-0.2, 0) is 25.2 Å². The normalized spacial score (nSPS) is 13.6. The van der Waals surface area contributed by atoms with Crippen LogP contribution in [0, 0.1) is 46.5 Å². The molecule has 59 heavy (non-hydrogen) atoms. The van der Waals surface area contributed by atoms with Gasteiger partial charge in [0, 0.05) is 19.5 Å². The Hall–Kier alpha value is -4.48. The van der Waals surface area contributed by atoms with Gasteiger partial charge < -0.3 is 0 Å². The van der Waals surface area contributed by atoms with Gasteiger partial charge in [-0.25, -0.2) is 35.1 Å². The van der Waals surface area contributed by atoms with Gasteiger partial charge in [-0.2, -0.15) is 26.3 Å². The smallest absolute Gasteiger partial charge is 0.203 e. The zero-order chi connectivity index (χ0) is 42.9. The average Bonchev–Trinajstić information content (AvgIpc) is 3.86. The van der Waals surface area contributed by atoms with E-state index in [1.807, 2.05) is 38.1 Å². The van der Waals surface area contributed by atoms with Crippen LogP contribution < -0.4 is 20.7 Å². The van der Waals surface area contributed by atoms with Gasteiger partial charge in [0.1, 0.15) is 11.1 Å². The summed E-state index contributed by atoms with van der Waals surface area (Å²) in [5.74, 6) is -20.1. The Labute approximate surface area is 336 Å². The van der Waals surface area contributed by atoms with Crippen molar-refractivity contribution in [2.24, 2.45) is 0 Å². The number of hydrogen-bond donors (Lipinski definition) is 0. The van der Waals surface area contributed by atoms with E-state index in [2.05, 4.69) is 0 Å². The molecule has 0 atom stereocenters. The third-order valence-corrected chi connectivity index (χ3v) is 18.1. The molecule has 0 radical (unpaired) electrons. The first-order valence-corrected chi connectivity index (χ1v) is 21.8. The van der Waals surface area contributed by atoms with E-state index in [1.54, 1.807) is 24.3 Å². The predicted molar refractivity (Wildman–Crippen MR) is 203 cm³/mol. The van der Waals surface area contributed by atoms with Gasteiger partial charge in [-0.05, 0) is 69.7 Å². The van der Waals surface area contributed by atoms with Gasteiger partial charge in [0.2, 0.25) is 0 Å². The van der Waals surface area contributed by atoms with Crippen LogP contribution in [0.4, 0.5) is 61.5 Å². The van der Waals surface area contributed by atoms with E-state index in [9.17, 15) is 26.3 Å². The molecular formula is C42H28F14S2Si. The molecule has 0 nitrogen and oxygen atoms in total. The van der Waals surface area contributed by atoms with Crippen LogP contribution in [0.5, 0.6) is 0 Å². The van der Waals surface area contributed by atoms with Crippen LogP contribution in [0.2, 0.25) is 0 Å². The minimum atomic E-state index is -5.82. The van der Waals surface area contributed by atoms with Gasteiger partial charge in [-0.1, -0.05) is 75.2 Å². The number of rotatable bonds is 10. The molecule has 0 amide bonds. The fourth-order valence-corrected chi connectivity index (χ4v) is 16.5. The average molecular weight is 891 g/mol. The summed E-state index contributed by atoms with van der Waals surface area (Å²) < 4.78 is 204. The third kappa shape index (κ3) is 6.90. The predicted octanol–water partition coefficient (Wildman–Crippen LogP) is 12.3. The number of unbranched alkanes of at least 4 members (excludes halogenated alkanes) is 2. The number of thiophene rings is 2. The molecule has 0 fully saturated rings. The quantitative estimate of drug-likeness (QED) is 0.0729. The highest BCUT2D eigenvalue weighted by Gasteiger charge is 2.53. The maximum absolute atomic E-state index is 15.6. The fraction of sp³-hybridized carbons (Fsp3) is 0.238. The van der Waals surface area contributed by atoms with Crippen molar-refractivity contribution in [2.75, 3.05) is 0 Å². The number of alkyl halides is 6. The monoisotopic (exact) mass is 890 g/mol. The number of benzene rings is 4. The van der Waals surface area contributed by atoms with Crippen molar-refractivity contribution >= 4 is 51.5 Å². The Morgan fingerprint density at radius 1 is 0.458 bits per heavy atom. The number of fused-ring (bicyclic) bond motifs is 3. The van der Waals surface area contributed by atoms with Crippen LogP contribution in [0.15, 0.2) is 60.7 Å². The SMILES string of the molecule is CCCCc1ccc([Si]2(c3ccc(CCCC)cc3)c3cc(-c4c(F)c(F)c(C(F)(F)F)c(F)c4F)sc3-c3sc(-c4c(F)c(F)c(C(F)(F)F)c(F)c4F)cc32)cc1. The summed E-state index contributed by atoms with van der Waals surface area (Å²) in [6.45, 7) is 3.98. The highest BCUT2D eigenvalue weighted by Crippen LogP contribution is 2.49. The lowest BCUT2D eigenvalue weighted by atomic mass is 10.1. The molecule has 7 rings (SSSR count). The van der Waals surface area contributed by atoms with Crippen molar-refractivity contribution in [3.63, 3.8) is 0 Å². The largest absolute Gasteiger partial charge is 0.422 e. The minimum absolute atomic E-state index is 0.0937. The maximum Gasteiger partial charge on any atom is 0.422 e. The van der Waals surface area contributed by atoms with E-state index < -0.39 is 99.0 Å². The van der Waals surface area contributed by atoms with Crippen molar-refractivity contribution in [2.45, 2.75) is 64.7 Å². The van der Waals surface area contributed by atoms with Crippen molar-refractivity contribution in [3.05, 3.63) is 129 Å². The molecule has 4 aromatic carbocycles. The molecule has 0 aliphatic carbocycles. The molecule has 0 saturated heterocycles. The van der Waals surface area contributed by atoms with E-state index in [4.69, 9.17) is 0 Å². The summed E-state index contributed by atoms with van der Waals surface area (Å²) in [7, 11) is -3.97. The zero-order valence-corrected chi connectivity index (χ0v) is 33.3. The van der Waals surface area contributed by atoms with Crippen molar-refractivity contribution in [3.8, 4) is 30.6 Å². The van der Waals surface area contributed by atoms with E-state index >= 15 is 35.1 Å². The zero-order valence-electron chi connectivity index (χ0n) is 30.6. The summed E-state index contributed by atoms with van der Waals surface area (Å²) in [6.07, 6.45) is -6.90. The van der Waals surface area contributed by atoms with Crippen molar-refractivity contribution in [1.29, 1.82) is 0 Å². The molecule has 1 aliphatic rings. The molecule has 17 heteroatoms. The Morgan fingerprint density at radius 3 is 1.03 bits per heavy atom. The molecule has 6 aromatic rings. The molecule has 2 aromatic heterocycles. The van der Waals surface area contributed by atoms with Gasteiger partial charge in [0.05, 0.1) is 11.1 Å². The van der Waals surface area contributed by atoms with Crippen LogP contribution in [-0.4, -0.2) is 8.07 Å².